The number of para-hydroxylation sites is 1. The largest absolute Gasteiger partial charge is 0.368 e. The Morgan fingerprint density at radius 3 is 2.68 bits per heavy atom. The molecule has 28 heavy (non-hydrogen) atoms. The van der Waals surface area contributed by atoms with E-state index in [0.29, 0.717) is 23.1 Å². The van der Waals surface area contributed by atoms with E-state index < -0.39 is 5.82 Å². The second-order valence-corrected chi connectivity index (χ2v) is 7.52. The number of nitrogens with two attached hydrogens (primary N) is 1. The molecule has 1 aromatic carbocycles. The van der Waals surface area contributed by atoms with Crippen LogP contribution in [0.5, 0.6) is 0 Å². The fourth-order valence-corrected chi connectivity index (χ4v) is 4.28. The Labute approximate surface area is 163 Å². The molecule has 0 unspecified atom stereocenters. The maximum absolute atomic E-state index is 14.6. The average molecular weight is 384 g/mol. The first-order valence-corrected chi connectivity index (χ1v) is 9.64. The van der Waals surface area contributed by atoms with Gasteiger partial charge in [0.05, 0.1) is 12.2 Å². The van der Waals surface area contributed by atoms with E-state index in [0.717, 1.165) is 31.2 Å². The Morgan fingerprint density at radius 2 is 2.00 bits per heavy atom. The Hall–Kier alpha value is -2.74. The molecule has 0 saturated heterocycles. The summed E-state index contributed by atoms with van der Waals surface area (Å²) in [5, 5.41) is 3.31. The molecule has 8 heteroatoms. The van der Waals surface area contributed by atoms with Crippen LogP contribution in [-0.4, -0.2) is 35.1 Å². The van der Waals surface area contributed by atoms with E-state index in [4.69, 9.17) is 5.73 Å². The van der Waals surface area contributed by atoms with Gasteiger partial charge in [0.1, 0.15) is 11.6 Å². The molecule has 0 atom stereocenters. The molecule has 2 aliphatic rings. The molecule has 0 bridgehead atoms. The number of anilines is 3. The third-order valence-electron chi connectivity index (χ3n) is 5.78. The number of amides is 2. The van der Waals surface area contributed by atoms with Crippen molar-refractivity contribution in [3.05, 3.63) is 41.3 Å². The molecule has 0 spiro atoms. The Bertz CT molecular complexity index is 876. The zero-order valence-electron chi connectivity index (χ0n) is 16.2. The maximum atomic E-state index is 14.6. The van der Waals surface area contributed by atoms with E-state index in [2.05, 4.69) is 15.3 Å². The van der Waals surface area contributed by atoms with Gasteiger partial charge >= 0.3 is 6.03 Å². The Morgan fingerprint density at radius 1 is 1.25 bits per heavy atom. The van der Waals surface area contributed by atoms with Crippen molar-refractivity contribution in [1.82, 2.24) is 15.3 Å². The van der Waals surface area contributed by atoms with Gasteiger partial charge in [-0.25, -0.2) is 14.2 Å². The first-order chi connectivity index (χ1) is 13.5. The van der Waals surface area contributed by atoms with Crippen LogP contribution in [0, 0.1) is 12.7 Å². The molecule has 1 fully saturated rings. The Balaban J connectivity index is 1.76. The third kappa shape index (κ3) is 3.17. The molecule has 7 nitrogen and oxygen atoms in total. The van der Waals surface area contributed by atoms with E-state index in [1.165, 1.54) is 11.0 Å². The van der Waals surface area contributed by atoms with Gasteiger partial charge < -0.3 is 11.1 Å². The van der Waals surface area contributed by atoms with Gasteiger partial charge in [0, 0.05) is 23.8 Å². The van der Waals surface area contributed by atoms with Crippen LogP contribution in [-0.2, 0) is 6.54 Å². The van der Waals surface area contributed by atoms with Crippen molar-refractivity contribution in [2.75, 3.05) is 22.6 Å². The smallest absolute Gasteiger partial charge is 0.330 e. The highest BCUT2D eigenvalue weighted by atomic mass is 19.1. The first kappa shape index (κ1) is 18.6. The number of nitrogen functional groups attached to an aromatic ring is 1. The number of fused-ring (bicyclic) bond motifs is 1. The highest BCUT2D eigenvalue weighted by Crippen LogP contribution is 2.37. The zero-order valence-corrected chi connectivity index (χ0v) is 16.2. The summed E-state index contributed by atoms with van der Waals surface area (Å²) in [6, 6.07) is 5.04. The highest BCUT2D eigenvalue weighted by molar-refractivity contribution is 6.06. The lowest BCUT2D eigenvalue weighted by molar-refractivity contribution is 0.242. The van der Waals surface area contributed by atoms with Crippen LogP contribution in [0.15, 0.2) is 24.4 Å². The summed E-state index contributed by atoms with van der Waals surface area (Å²) in [6.07, 6.45) is 5.29. The van der Waals surface area contributed by atoms with Crippen molar-refractivity contribution < 1.29 is 9.18 Å². The Kier molecular flexibility index (Phi) is 4.89. The summed E-state index contributed by atoms with van der Waals surface area (Å²) in [5.41, 5.74) is 7.61. The lowest BCUT2D eigenvalue weighted by Crippen LogP contribution is -2.54. The van der Waals surface area contributed by atoms with Crippen LogP contribution in [0.25, 0.3) is 0 Å². The SMILES string of the molecule is CNC1CCC(N2C(=O)N(c3c(C)cccc3F)Cc3cnc(N)nc32)CC1. The number of nitrogens with zero attached hydrogens (tertiary/aromatic N) is 4. The maximum Gasteiger partial charge on any atom is 0.330 e. The number of aryl methyl sites for hydroxylation is 1. The molecule has 1 aromatic heterocycles. The topological polar surface area (TPSA) is 87.4 Å². The number of aromatic nitrogens is 2. The number of carbonyl (C=O) groups is 1. The average Bonchev–Trinajstić information content (AvgIpc) is 2.69. The zero-order chi connectivity index (χ0) is 19.8. The van der Waals surface area contributed by atoms with E-state index in [1.807, 2.05) is 20.0 Å². The fraction of sp³-hybridized carbons (Fsp3) is 0.450. The molecule has 1 aliphatic carbocycles. The number of rotatable bonds is 3. The van der Waals surface area contributed by atoms with Crippen LogP contribution in [0.1, 0.15) is 36.8 Å². The fourth-order valence-electron chi connectivity index (χ4n) is 4.28. The summed E-state index contributed by atoms with van der Waals surface area (Å²) < 4.78 is 14.6. The summed E-state index contributed by atoms with van der Waals surface area (Å²) in [7, 11) is 1.96. The van der Waals surface area contributed by atoms with Crippen molar-refractivity contribution in [1.29, 1.82) is 0 Å². The minimum absolute atomic E-state index is 0.0000274. The summed E-state index contributed by atoms with van der Waals surface area (Å²) >= 11 is 0. The molecule has 1 saturated carbocycles. The van der Waals surface area contributed by atoms with E-state index in [9.17, 15) is 9.18 Å². The molecule has 0 radical (unpaired) electrons. The second kappa shape index (κ2) is 7.35. The standard InChI is InChI=1S/C20H25FN6O/c1-12-4-3-5-16(21)17(12)26-11-13-10-24-19(22)25-18(13)27(20(26)28)15-8-6-14(23-2)7-9-15/h3-5,10,14-15,23H,6-9,11H2,1-2H3,(H2,22,24,25). The van der Waals surface area contributed by atoms with Crippen LogP contribution < -0.4 is 20.9 Å². The molecule has 148 valence electrons. The molecule has 1 aliphatic heterocycles. The monoisotopic (exact) mass is 384 g/mol. The lowest BCUT2D eigenvalue weighted by Gasteiger charge is -2.42. The number of urea groups is 1. The van der Waals surface area contributed by atoms with Gasteiger partial charge in [-0.2, -0.15) is 4.98 Å². The van der Waals surface area contributed by atoms with Gasteiger partial charge in [0.2, 0.25) is 5.95 Å². The molecule has 3 N–H and O–H groups in total. The van der Waals surface area contributed by atoms with Crippen LogP contribution in [0.2, 0.25) is 0 Å². The van der Waals surface area contributed by atoms with E-state index in [1.54, 1.807) is 17.2 Å². The molecule has 2 aromatic rings. The number of hydrogen-bond donors (Lipinski definition) is 2. The molecule has 2 amide bonds. The molecule has 2 heterocycles. The van der Waals surface area contributed by atoms with Crippen LogP contribution in [0.3, 0.4) is 0 Å². The highest BCUT2D eigenvalue weighted by Gasteiger charge is 2.39. The molecular formula is C20H25FN6O. The minimum Gasteiger partial charge on any atom is -0.368 e. The minimum atomic E-state index is -0.410. The van der Waals surface area contributed by atoms with Gasteiger partial charge in [0.25, 0.3) is 0 Å². The number of hydrogen-bond acceptors (Lipinski definition) is 5. The van der Waals surface area contributed by atoms with Crippen molar-refractivity contribution >= 4 is 23.5 Å². The van der Waals surface area contributed by atoms with Gasteiger partial charge in [-0.15, -0.1) is 0 Å². The lowest BCUT2D eigenvalue weighted by atomic mass is 9.90. The van der Waals surface area contributed by atoms with E-state index >= 15 is 0 Å². The normalized spacial score (nSPS) is 22.3. The quantitative estimate of drug-likeness (QED) is 0.849. The molecular weight excluding hydrogens is 359 g/mol. The van der Waals surface area contributed by atoms with Gasteiger partial charge in [-0.1, -0.05) is 12.1 Å². The first-order valence-electron chi connectivity index (χ1n) is 9.64. The van der Waals surface area contributed by atoms with Crippen molar-refractivity contribution in [3.8, 4) is 0 Å². The van der Waals surface area contributed by atoms with Gasteiger partial charge in [-0.3, -0.25) is 9.80 Å². The van der Waals surface area contributed by atoms with Gasteiger partial charge in [0.15, 0.2) is 0 Å². The third-order valence-corrected chi connectivity index (χ3v) is 5.78. The summed E-state index contributed by atoms with van der Waals surface area (Å²) in [5.74, 6) is 0.277. The van der Waals surface area contributed by atoms with E-state index in [-0.39, 0.29) is 24.6 Å². The van der Waals surface area contributed by atoms with Crippen LogP contribution >= 0.6 is 0 Å². The predicted octanol–water partition coefficient (Wildman–Crippen LogP) is 2.98. The number of benzene rings is 1. The number of nitrogens with one attached hydrogen (secondary N) is 1. The molecule has 4 rings (SSSR count). The predicted molar refractivity (Wildman–Crippen MR) is 107 cm³/mol. The van der Waals surface area contributed by atoms with Crippen LogP contribution in [0.4, 0.5) is 26.6 Å². The van der Waals surface area contributed by atoms with Crippen molar-refractivity contribution in [2.24, 2.45) is 0 Å². The summed E-state index contributed by atoms with van der Waals surface area (Å²) in [4.78, 5) is 25.2. The second-order valence-electron chi connectivity index (χ2n) is 7.52. The summed E-state index contributed by atoms with van der Waals surface area (Å²) in [6.45, 7) is 2.03. The number of halogens is 1. The van der Waals surface area contributed by atoms with Gasteiger partial charge in [-0.05, 0) is 51.3 Å². The number of carbonyl (C=O) groups excluding carboxylic acids is 1. The van der Waals surface area contributed by atoms with Crippen molar-refractivity contribution in [2.45, 2.75) is 51.2 Å². The van der Waals surface area contributed by atoms with Crippen molar-refractivity contribution in [3.63, 3.8) is 0 Å².